The van der Waals surface area contributed by atoms with Gasteiger partial charge in [0.1, 0.15) is 23.0 Å². The largest absolute Gasteiger partial charge is 0.411 e. The first-order chi connectivity index (χ1) is 12.9. The van der Waals surface area contributed by atoms with Crippen LogP contribution in [0, 0.1) is 0 Å². The molecular formula is C17H13F6IO4. The fraction of sp³-hybridized carbons (Fsp3) is 0.294. The standard InChI is InChI=1S/C17H13F6IO4/c18-16(19,20)15(17(21,22)23,11-5-1-9(2-6-11)13(25)26)12-7-3-10(4-8-12)14(27)28-24/h1-8,13-14,25-27H. The molecule has 0 spiro atoms. The Morgan fingerprint density at radius 3 is 1.32 bits per heavy atom. The van der Waals surface area contributed by atoms with Crippen molar-refractivity contribution in [2.24, 2.45) is 0 Å². The zero-order valence-corrected chi connectivity index (χ0v) is 15.8. The number of hydrogen-bond donors (Lipinski definition) is 3. The predicted molar refractivity (Wildman–Crippen MR) is 93.0 cm³/mol. The summed E-state index contributed by atoms with van der Waals surface area (Å²) in [4.78, 5) is 0. The molecule has 0 fully saturated rings. The Morgan fingerprint density at radius 1 is 0.679 bits per heavy atom. The van der Waals surface area contributed by atoms with Gasteiger partial charge < -0.3 is 15.3 Å². The Balaban J connectivity index is 2.75. The van der Waals surface area contributed by atoms with Crippen LogP contribution in [-0.2, 0) is 8.48 Å². The highest BCUT2D eigenvalue weighted by molar-refractivity contribution is 14.1. The van der Waals surface area contributed by atoms with Gasteiger partial charge in [-0.25, -0.2) is 0 Å². The summed E-state index contributed by atoms with van der Waals surface area (Å²) in [5.41, 5.74) is -6.92. The van der Waals surface area contributed by atoms with Crippen LogP contribution >= 0.6 is 23.0 Å². The van der Waals surface area contributed by atoms with Crippen molar-refractivity contribution < 1.29 is 44.7 Å². The third-order valence-corrected chi connectivity index (χ3v) is 4.69. The van der Waals surface area contributed by atoms with Crippen molar-refractivity contribution in [3.05, 3.63) is 70.8 Å². The van der Waals surface area contributed by atoms with Gasteiger partial charge >= 0.3 is 12.4 Å². The van der Waals surface area contributed by atoms with Gasteiger partial charge in [0.25, 0.3) is 0 Å². The maximum absolute atomic E-state index is 13.9. The van der Waals surface area contributed by atoms with Crippen molar-refractivity contribution in [3.63, 3.8) is 0 Å². The predicted octanol–water partition coefficient (Wildman–Crippen LogP) is 4.44. The summed E-state index contributed by atoms with van der Waals surface area (Å²) in [7, 11) is 0. The minimum Gasteiger partial charge on any atom is -0.364 e. The van der Waals surface area contributed by atoms with Crippen LogP contribution in [0.25, 0.3) is 0 Å². The van der Waals surface area contributed by atoms with E-state index in [1.165, 1.54) is 23.0 Å². The molecule has 0 saturated heterocycles. The lowest BCUT2D eigenvalue weighted by Crippen LogP contribution is -2.54. The average molecular weight is 522 g/mol. The number of halogens is 7. The summed E-state index contributed by atoms with van der Waals surface area (Å²) in [5.74, 6) is 0. The Bertz CT molecular complexity index is 773. The van der Waals surface area contributed by atoms with Crippen LogP contribution < -0.4 is 0 Å². The van der Waals surface area contributed by atoms with Crippen LogP contribution in [0.15, 0.2) is 48.5 Å². The molecule has 4 nitrogen and oxygen atoms in total. The van der Waals surface area contributed by atoms with Crippen LogP contribution in [0.3, 0.4) is 0 Å². The normalized spacial score (nSPS) is 14.4. The van der Waals surface area contributed by atoms with E-state index in [0.29, 0.717) is 24.3 Å². The highest BCUT2D eigenvalue weighted by Gasteiger charge is 2.72. The summed E-state index contributed by atoms with van der Waals surface area (Å²) in [6, 6.07) is 5.67. The minimum atomic E-state index is -5.77. The van der Waals surface area contributed by atoms with Crippen LogP contribution in [0.5, 0.6) is 0 Å². The molecule has 154 valence electrons. The van der Waals surface area contributed by atoms with Gasteiger partial charge in [0.05, 0.1) is 0 Å². The van der Waals surface area contributed by atoms with Crippen LogP contribution in [-0.4, -0.2) is 27.7 Å². The van der Waals surface area contributed by atoms with Crippen LogP contribution in [0.1, 0.15) is 34.8 Å². The van der Waals surface area contributed by atoms with Crippen molar-refractivity contribution in [1.29, 1.82) is 0 Å². The zero-order valence-electron chi connectivity index (χ0n) is 13.7. The Morgan fingerprint density at radius 2 is 1.04 bits per heavy atom. The molecule has 0 aliphatic heterocycles. The molecule has 2 rings (SSSR count). The van der Waals surface area contributed by atoms with Crippen molar-refractivity contribution in [2.45, 2.75) is 30.3 Å². The van der Waals surface area contributed by atoms with Gasteiger partial charge in [-0.1, -0.05) is 48.5 Å². The molecule has 1 unspecified atom stereocenters. The van der Waals surface area contributed by atoms with Gasteiger partial charge in [0.2, 0.25) is 5.41 Å². The highest BCUT2D eigenvalue weighted by atomic mass is 127. The lowest BCUT2D eigenvalue weighted by molar-refractivity contribution is -0.288. The third-order valence-electron chi connectivity index (χ3n) is 4.21. The molecule has 0 saturated carbocycles. The van der Waals surface area contributed by atoms with Gasteiger partial charge in [-0.15, -0.1) is 0 Å². The first-order valence-electron chi connectivity index (χ1n) is 7.52. The van der Waals surface area contributed by atoms with Crippen molar-refractivity contribution >= 4 is 23.0 Å². The van der Waals surface area contributed by atoms with E-state index in [2.05, 4.69) is 3.07 Å². The van der Waals surface area contributed by atoms with Crippen LogP contribution in [0.4, 0.5) is 26.3 Å². The second-order valence-corrected chi connectivity index (χ2v) is 6.31. The van der Waals surface area contributed by atoms with E-state index in [9.17, 15) is 31.4 Å². The smallest absolute Gasteiger partial charge is 0.364 e. The molecule has 0 radical (unpaired) electrons. The number of benzene rings is 2. The number of rotatable bonds is 5. The molecule has 11 heteroatoms. The minimum absolute atomic E-state index is 0.0323. The van der Waals surface area contributed by atoms with Crippen LogP contribution in [0.2, 0.25) is 0 Å². The third kappa shape index (κ3) is 3.99. The Labute approximate surface area is 169 Å². The van der Waals surface area contributed by atoms with E-state index in [-0.39, 0.29) is 11.1 Å². The van der Waals surface area contributed by atoms with E-state index in [1.807, 2.05) is 0 Å². The van der Waals surface area contributed by atoms with Crippen molar-refractivity contribution in [3.8, 4) is 0 Å². The average Bonchev–Trinajstić information content (AvgIpc) is 2.60. The van der Waals surface area contributed by atoms with Crippen molar-refractivity contribution in [1.82, 2.24) is 0 Å². The molecule has 0 aromatic heterocycles. The van der Waals surface area contributed by atoms with Gasteiger partial charge in [-0.05, 0) is 11.1 Å². The SMILES string of the molecule is OC(O)c1ccc(C(c2ccc(C(O)OI)cc2)(C(F)(F)F)C(F)(F)F)cc1. The maximum Gasteiger partial charge on any atom is 0.411 e. The van der Waals surface area contributed by atoms with Gasteiger partial charge in [0, 0.05) is 11.1 Å². The highest BCUT2D eigenvalue weighted by Crippen LogP contribution is 2.56. The zero-order chi connectivity index (χ0) is 21.3. The Hall–Kier alpha value is -1.41. The molecule has 0 aliphatic carbocycles. The first kappa shape index (κ1) is 22.9. The van der Waals surface area contributed by atoms with E-state index < -0.39 is 41.5 Å². The van der Waals surface area contributed by atoms with Gasteiger partial charge in [-0.2, -0.15) is 26.3 Å². The summed E-state index contributed by atoms with van der Waals surface area (Å²) in [6.07, 6.45) is -15.1. The topological polar surface area (TPSA) is 69.9 Å². The molecule has 1 atom stereocenters. The summed E-state index contributed by atoms with van der Waals surface area (Å²) in [6.45, 7) is 0. The maximum atomic E-state index is 13.9. The number of aliphatic hydroxyl groups is 3. The fourth-order valence-electron chi connectivity index (χ4n) is 2.84. The second-order valence-electron chi connectivity index (χ2n) is 5.80. The van der Waals surface area contributed by atoms with E-state index in [1.54, 1.807) is 0 Å². The quantitative estimate of drug-likeness (QED) is 0.309. The van der Waals surface area contributed by atoms with Crippen molar-refractivity contribution in [2.75, 3.05) is 0 Å². The second kappa shape index (κ2) is 8.14. The molecule has 0 bridgehead atoms. The van der Waals surface area contributed by atoms with Gasteiger partial charge in [0.15, 0.2) is 12.6 Å². The summed E-state index contributed by atoms with van der Waals surface area (Å²) in [5, 5.41) is 27.6. The monoisotopic (exact) mass is 522 g/mol. The number of hydrogen-bond acceptors (Lipinski definition) is 4. The molecule has 0 aliphatic rings. The van der Waals surface area contributed by atoms with E-state index >= 15 is 0 Å². The fourth-order valence-corrected chi connectivity index (χ4v) is 3.13. The lowest BCUT2D eigenvalue weighted by Gasteiger charge is -2.38. The molecule has 2 aromatic rings. The lowest BCUT2D eigenvalue weighted by atomic mass is 9.72. The number of aliphatic hydroxyl groups excluding tert-OH is 2. The molecular weight excluding hydrogens is 509 g/mol. The Kier molecular flexibility index (Phi) is 6.65. The molecule has 0 amide bonds. The molecule has 3 N–H and O–H groups in total. The van der Waals surface area contributed by atoms with E-state index in [4.69, 9.17) is 10.2 Å². The molecule has 28 heavy (non-hydrogen) atoms. The van der Waals surface area contributed by atoms with E-state index in [0.717, 1.165) is 24.3 Å². The summed E-state index contributed by atoms with van der Waals surface area (Å²) < 4.78 is 88.1. The first-order valence-corrected chi connectivity index (χ1v) is 8.40. The van der Waals surface area contributed by atoms with Gasteiger partial charge in [-0.3, -0.25) is 3.07 Å². The summed E-state index contributed by atoms with van der Waals surface area (Å²) >= 11 is 1.33. The molecule has 0 heterocycles. The number of alkyl halides is 6. The molecule has 2 aromatic carbocycles.